The van der Waals surface area contributed by atoms with E-state index in [-0.39, 0.29) is 40.6 Å². The van der Waals surface area contributed by atoms with Crippen LogP contribution in [0, 0.1) is 0 Å². The molecule has 0 spiro atoms. The first-order chi connectivity index (χ1) is 13.3. The first-order valence-electron chi connectivity index (χ1n) is 8.94. The van der Waals surface area contributed by atoms with Crippen molar-refractivity contribution in [2.75, 3.05) is 43.2 Å². The van der Waals surface area contributed by atoms with Crippen LogP contribution in [0.3, 0.4) is 0 Å². The van der Waals surface area contributed by atoms with Crippen LogP contribution in [0.15, 0.2) is 35.4 Å². The minimum absolute atomic E-state index is 0. The smallest absolute Gasteiger partial charge is 0.256 e. The van der Waals surface area contributed by atoms with Gasteiger partial charge in [0.1, 0.15) is 11.4 Å². The van der Waals surface area contributed by atoms with Gasteiger partial charge >= 0.3 is 0 Å². The van der Waals surface area contributed by atoms with Crippen molar-refractivity contribution in [1.29, 1.82) is 0 Å². The summed E-state index contributed by atoms with van der Waals surface area (Å²) in [5.74, 6) is 0.381. The van der Waals surface area contributed by atoms with Crippen molar-refractivity contribution in [1.82, 2.24) is 20.6 Å². The Balaban J connectivity index is 0.00000300. The van der Waals surface area contributed by atoms with E-state index in [4.69, 9.17) is 0 Å². The van der Waals surface area contributed by atoms with E-state index < -0.39 is 9.84 Å². The number of benzene rings is 1. The lowest BCUT2D eigenvalue weighted by atomic mass is 10.2. The topological polar surface area (TPSA) is 116 Å². The summed E-state index contributed by atoms with van der Waals surface area (Å²) in [7, 11) is -1.94. The number of anilines is 3. The second-order valence-corrected chi connectivity index (χ2v) is 8.64. The highest BCUT2D eigenvalue weighted by atomic mass is 35.5. The van der Waals surface area contributed by atoms with E-state index in [9.17, 15) is 13.2 Å². The Bertz CT molecular complexity index is 985. The van der Waals surface area contributed by atoms with Crippen molar-refractivity contribution in [2.24, 2.45) is 0 Å². The zero-order valence-electron chi connectivity index (χ0n) is 16.5. The number of nitrogens with zero attached hydrogens (tertiary/aromatic N) is 3. The summed E-state index contributed by atoms with van der Waals surface area (Å²) in [6, 6.07) is 6.71. The fourth-order valence-electron chi connectivity index (χ4n) is 3.07. The van der Waals surface area contributed by atoms with Crippen molar-refractivity contribution in [3.8, 4) is 0 Å². The molecule has 3 rings (SSSR count). The molecule has 11 heteroatoms. The van der Waals surface area contributed by atoms with Crippen LogP contribution in [0.25, 0.3) is 0 Å². The predicted molar refractivity (Wildman–Crippen MR) is 115 cm³/mol. The van der Waals surface area contributed by atoms with E-state index in [1.54, 1.807) is 18.2 Å². The molecule has 1 aliphatic heterocycles. The molecule has 2 heterocycles. The van der Waals surface area contributed by atoms with E-state index in [1.807, 2.05) is 0 Å². The molecule has 3 N–H and O–H groups in total. The molecule has 0 aliphatic carbocycles. The maximum atomic E-state index is 12.3. The highest BCUT2D eigenvalue weighted by Gasteiger charge is 2.23. The summed E-state index contributed by atoms with van der Waals surface area (Å²) < 4.78 is 24.2. The van der Waals surface area contributed by atoms with E-state index in [0.717, 1.165) is 25.9 Å². The predicted octanol–water partition coefficient (Wildman–Crippen LogP) is 1.20. The number of sulfone groups is 1. The molecule has 1 aliphatic rings. The summed E-state index contributed by atoms with van der Waals surface area (Å²) in [5, 5.41) is 8.89. The number of halogens is 1. The number of piperazine rings is 1. The SMILES string of the molecule is CNC(=O)c1cnc(N2CCNCC2C)nc1Nc1ccccc1S(C)(=O)=O.Cl. The van der Waals surface area contributed by atoms with Gasteiger partial charge in [-0.15, -0.1) is 12.4 Å². The molecule has 1 atom stereocenters. The summed E-state index contributed by atoms with van der Waals surface area (Å²) in [5.41, 5.74) is 0.588. The van der Waals surface area contributed by atoms with Crippen molar-refractivity contribution < 1.29 is 13.2 Å². The minimum Gasteiger partial charge on any atom is -0.355 e. The molecule has 0 saturated carbocycles. The molecule has 1 fully saturated rings. The van der Waals surface area contributed by atoms with Gasteiger partial charge in [0.05, 0.1) is 10.6 Å². The zero-order chi connectivity index (χ0) is 20.3. The number of aromatic nitrogens is 2. The van der Waals surface area contributed by atoms with Crippen LogP contribution in [-0.2, 0) is 9.84 Å². The van der Waals surface area contributed by atoms with Crippen LogP contribution in [0.2, 0.25) is 0 Å². The molecular weight excluding hydrogens is 416 g/mol. The van der Waals surface area contributed by atoms with E-state index in [2.05, 4.69) is 37.7 Å². The molecule has 1 aromatic carbocycles. The molecule has 1 unspecified atom stereocenters. The highest BCUT2D eigenvalue weighted by molar-refractivity contribution is 7.90. The number of nitrogens with one attached hydrogen (secondary N) is 3. The standard InChI is InChI=1S/C18H24N6O3S.ClH/c1-12-10-20-8-9-24(12)18-21-11-13(17(25)19-2)16(23-18)22-14-6-4-5-7-15(14)28(3,26)27;/h4-7,11-12,20H,8-10H2,1-3H3,(H,19,25)(H,21,22,23);1H. The fraction of sp³-hybridized carbons (Fsp3) is 0.389. The number of para-hydroxylation sites is 1. The molecule has 1 saturated heterocycles. The average Bonchev–Trinajstić information content (AvgIpc) is 2.67. The van der Waals surface area contributed by atoms with Gasteiger partial charge in [0.2, 0.25) is 5.95 Å². The number of hydrogen-bond donors (Lipinski definition) is 3. The van der Waals surface area contributed by atoms with Gasteiger partial charge in [0.15, 0.2) is 9.84 Å². The lowest BCUT2D eigenvalue weighted by Crippen LogP contribution is -2.50. The molecule has 158 valence electrons. The van der Waals surface area contributed by atoms with Gasteiger partial charge in [-0.25, -0.2) is 13.4 Å². The normalized spacial score (nSPS) is 16.7. The quantitative estimate of drug-likeness (QED) is 0.635. The zero-order valence-corrected chi connectivity index (χ0v) is 18.1. The molecule has 1 amide bonds. The third kappa shape index (κ3) is 5.14. The Labute approximate surface area is 176 Å². The molecule has 1 aromatic heterocycles. The van der Waals surface area contributed by atoms with Gasteiger partial charge in [0.25, 0.3) is 5.91 Å². The number of amides is 1. The van der Waals surface area contributed by atoms with Crippen LogP contribution >= 0.6 is 12.4 Å². The summed E-state index contributed by atoms with van der Waals surface area (Å²) in [4.78, 5) is 23.4. The monoisotopic (exact) mass is 440 g/mol. The Morgan fingerprint density at radius 1 is 1.31 bits per heavy atom. The Hall–Kier alpha value is -2.43. The van der Waals surface area contributed by atoms with E-state index in [0.29, 0.717) is 11.6 Å². The molecule has 0 radical (unpaired) electrons. The molecule has 29 heavy (non-hydrogen) atoms. The lowest BCUT2D eigenvalue weighted by molar-refractivity contribution is 0.0963. The Morgan fingerprint density at radius 3 is 2.69 bits per heavy atom. The number of rotatable bonds is 5. The van der Waals surface area contributed by atoms with Gasteiger partial charge < -0.3 is 20.9 Å². The maximum Gasteiger partial charge on any atom is 0.256 e. The van der Waals surface area contributed by atoms with Gasteiger partial charge in [-0.2, -0.15) is 4.98 Å². The molecule has 9 nitrogen and oxygen atoms in total. The van der Waals surface area contributed by atoms with Gasteiger partial charge in [-0.05, 0) is 19.1 Å². The second kappa shape index (κ2) is 9.38. The number of carbonyl (C=O) groups is 1. The van der Waals surface area contributed by atoms with Crippen molar-refractivity contribution in [2.45, 2.75) is 17.9 Å². The summed E-state index contributed by atoms with van der Waals surface area (Å²) in [6.07, 6.45) is 2.60. The number of carbonyl (C=O) groups excluding carboxylic acids is 1. The number of hydrogen-bond acceptors (Lipinski definition) is 8. The van der Waals surface area contributed by atoms with Crippen LogP contribution in [0.5, 0.6) is 0 Å². The molecular formula is C18H25ClN6O3S. The third-order valence-corrected chi connectivity index (χ3v) is 5.70. The summed E-state index contributed by atoms with van der Waals surface area (Å²) >= 11 is 0. The first-order valence-corrected chi connectivity index (χ1v) is 10.8. The first kappa shape index (κ1) is 22.9. The van der Waals surface area contributed by atoms with Crippen LogP contribution in [0.1, 0.15) is 17.3 Å². The van der Waals surface area contributed by atoms with Crippen molar-refractivity contribution in [3.63, 3.8) is 0 Å². The van der Waals surface area contributed by atoms with Crippen LogP contribution in [-0.4, -0.2) is 63.3 Å². The third-order valence-electron chi connectivity index (χ3n) is 4.55. The lowest BCUT2D eigenvalue weighted by Gasteiger charge is -2.34. The van der Waals surface area contributed by atoms with Gasteiger partial charge in [0, 0.05) is 45.2 Å². The maximum absolute atomic E-state index is 12.3. The molecule has 0 bridgehead atoms. The highest BCUT2D eigenvalue weighted by Crippen LogP contribution is 2.27. The summed E-state index contributed by atoms with van der Waals surface area (Å²) in [6.45, 7) is 4.42. The Kier molecular flexibility index (Phi) is 7.39. The largest absolute Gasteiger partial charge is 0.355 e. The van der Waals surface area contributed by atoms with Gasteiger partial charge in [-0.3, -0.25) is 4.79 Å². The molecule has 2 aromatic rings. The van der Waals surface area contributed by atoms with Crippen LogP contribution < -0.4 is 20.9 Å². The van der Waals surface area contributed by atoms with Crippen LogP contribution in [0.4, 0.5) is 17.5 Å². The fourth-order valence-corrected chi connectivity index (χ4v) is 3.91. The minimum atomic E-state index is -3.46. The van der Waals surface area contributed by atoms with E-state index in [1.165, 1.54) is 19.3 Å². The average molecular weight is 441 g/mol. The van der Waals surface area contributed by atoms with Crippen molar-refractivity contribution in [3.05, 3.63) is 36.0 Å². The second-order valence-electron chi connectivity index (χ2n) is 6.65. The van der Waals surface area contributed by atoms with Gasteiger partial charge in [-0.1, -0.05) is 12.1 Å². The van der Waals surface area contributed by atoms with E-state index >= 15 is 0 Å². The Morgan fingerprint density at radius 2 is 2.03 bits per heavy atom. The van der Waals surface area contributed by atoms with Crippen molar-refractivity contribution >= 4 is 45.6 Å².